The number of pyridine rings is 1. The van der Waals surface area contributed by atoms with Crippen LogP contribution in [0.25, 0.3) is 44.6 Å². The standard InChI is InChI=1S/C23H17N3O/c1-27-18-9-12-20-16(13-18)7-10-19(24-20)17-8-11-21-22(14-17)26-23(25-21)15-5-3-2-4-6-15/h2-14H,1H3,(H,25,26). The lowest BCUT2D eigenvalue weighted by Gasteiger charge is -2.05. The SMILES string of the molecule is COc1ccc2nc(-c3ccc4nc(-c5ccccc5)[nH]c4c3)ccc2c1. The smallest absolute Gasteiger partial charge is 0.138 e. The first kappa shape index (κ1) is 15.6. The van der Waals surface area contributed by atoms with Crippen molar-refractivity contribution in [3.8, 4) is 28.4 Å². The molecule has 5 rings (SSSR count). The van der Waals surface area contributed by atoms with Crippen LogP contribution in [-0.2, 0) is 0 Å². The first-order valence-corrected chi connectivity index (χ1v) is 8.80. The topological polar surface area (TPSA) is 50.8 Å². The molecule has 130 valence electrons. The van der Waals surface area contributed by atoms with Crippen LogP contribution in [0.5, 0.6) is 5.75 Å². The molecule has 4 heteroatoms. The van der Waals surface area contributed by atoms with Gasteiger partial charge in [0.05, 0.1) is 29.4 Å². The van der Waals surface area contributed by atoms with Crippen LogP contribution in [0.4, 0.5) is 0 Å². The molecule has 0 aliphatic heterocycles. The highest BCUT2D eigenvalue weighted by Gasteiger charge is 2.08. The lowest BCUT2D eigenvalue weighted by atomic mass is 10.1. The van der Waals surface area contributed by atoms with Gasteiger partial charge in [0.2, 0.25) is 0 Å². The Hall–Kier alpha value is -3.66. The molecule has 0 amide bonds. The molecule has 0 unspecified atom stereocenters. The molecule has 0 radical (unpaired) electrons. The van der Waals surface area contributed by atoms with Crippen molar-refractivity contribution < 1.29 is 4.74 Å². The third-order valence-corrected chi connectivity index (χ3v) is 4.72. The largest absolute Gasteiger partial charge is 0.497 e. The van der Waals surface area contributed by atoms with Gasteiger partial charge in [-0.1, -0.05) is 42.5 Å². The van der Waals surface area contributed by atoms with Crippen molar-refractivity contribution in [3.05, 3.63) is 78.9 Å². The van der Waals surface area contributed by atoms with E-state index in [1.807, 2.05) is 48.5 Å². The zero-order valence-electron chi connectivity index (χ0n) is 14.8. The number of nitrogens with zero attached hydrogens (tertiary/aromatic N) is 2. The van der Waals surface area contributed by atoms with Crippen molar-refractivity contribution in [2.75, 3.05) is 7.11 Å². The number of hydrogen-bond acceptors (Lipinski definition) is 3. The molecular formula is C23H17N3O. The minimum absolute atomic E-state index is 0.837. The molecule has 27 heavy (non-hydrogen) atoms. The normalized spacial score (nSPS) is 11.1. The zero-order chi connectivity index (χ0) is 18.2. The molecule has 1 N–H and O–H groups in total. The Balaban J connectivity index is 1.57. The number of hydrogen-bond donors (Lipinski definition) is 1. The number of imidazole rings is 1. The summed E-state index contributed by atoms with van der Waals surface area (Å²) in [4.78, 5) is 12.9. The lowest BCUT2D eigenvalue weighted by Crippen LogP contribution is -1.87. The van der Waals surface area contributed by atoms with Gasteiger partial charge in [-0.3, -0.25) is 0 Å². The third kappa shape index (κ3) is 2.81. The summed E-state index contributed by atoms with van der Waals surface area (Å²) in [6.07, 6.45) is 0. The van der Waals surface area contributed by atoms with E-state index in [0.717, 1.165) is 50.3 Å². The highest BCUT2D eigenvalue weighted by atomic mass is 16.5. The van der Waals surface area contributed by atoms with E-state index in [4.69, 9.17) is 14.7 Å². The number of ether oxygens (including phenoxy) is 1. The predicted molar refractivity (Wildman–Crippen MR) is 109 cm³/mol. The van der Waals surface area contributed by atoms with Gasteiger partial charge >= 0.3 is 0 Å². The number of aromatic nitrogens is 3. The van der Waals surface area contributed by atoms with Crippen LogP contribution in [0, 0.1) is 0 Å². The van der Waals surface area contributed by atoms with Gasteiger partial charge in [0.15, 0.2) is 0 Å². The average molecular weight is 351 g/mol. The van der Waals surface area contributed by atoms with E-state index < -0.39 is 0 Å². The van der Waals surface area contributed by atoms with Gasteiger partial charge in [0, 0.05) is 16.5 Å². The van der Waals surface area contributed by atoms with Crippen LogP contribution in [-0.4, -0.2) is 22.1 Å². The number of H-pyrrole nitrogens is 1. The molecule has 2 heterocycles. The Labute approximate surface area is 156 Å². The van der Waals surface area contributed by atoms with Gasteiger partial charge in [0.25, 0.3) is 0 Å². The first-order chi connectivity index (χ1) is 13.3. The van der Waals surface area contributed by atoms with Crippen LogP contribution in [0.3, 0.4) is 0 Å². The van der Waals surface area contributed by atoms with Crippen molar-refractivity contribution in [2.24, 2.45) is 0 Å². The summed E-state index contributed by atoms with van der Waals surface area (Å²) in [5.41, 5.74) is 5.97. The summed E-state index contributed by atoms with van der Waals surface area (Å²) < 4.78 is 5.29. The second-order valence-corrected chi connectivity index (χ2v) is 6.44. The number of nitrogens with one attached hydrogen (secondary N) is 1. The minimum Gasteiger partial charge on any atom is -0.497 e. The summed E-state index contributed by atoms with van der Waals surface area (Å²) >= 11 is 0. The van der Waals surface area contributed by atoms with Gasteiger partial charge in [-0.15, -0.1) is 0 Å². The number of benzene rings is 3. The highest BCUT2D eigenvalue weighted by molar-refractivity contribution is 5.86. The Bertz CT molecular complexity index is 1260. The van der Waals surface area contributed by atoms with Crippen molar-refractivity contribution >= 4 is 21.9 Å². The molecule has 4 nitrogen and oxygen atoms in total. The summed E-state index contributed by atoms with van der Waals surface area (Å²) in [6, 6.07) is 26.4. The number of rotatable bonds is 3. The Morgan fingerprint density at radius 3 is 2.44 bits per heavy atom. The Kier molecular flexibility index (Phi) is 3.61. The second-order valence-electron chi connectivity index (χ2n) is 6.44. The van der Waals surface area contributed by atoms with Crippen LogP contribution in [0.2, 0.25) is 0 Å². The fourth-order valence-corrected chi connectivity index (χ4v) is 3.29. The molecule has 0 aliphatic carbocycles. The van der Waals surface area contributed by atoms with Crippen molar-refractivity contribution in [1.29, 1.82) is 0 Å². The quantitative estimate of drug-likeness (QED) is 0.470. The van der Waals surface area contributed by atoms with E-state index in [1.165, 1.54) is 0 Å². The summed E-state index contributed by atoms with van der Waals surface area (Å²) in [5.74, 6) is 1.71. The minimum atomic E-state index is 0.837. The Morgan fingerprint density at radius 2 is 1.59 bits per heavy atom. The summed E-state index contributed by atoms with van der Waals surface area (Å²) in [6.45, 7) is 0. The fraction of sp³-hybridized carbons (Fsp3) is 0.0435. The van der Waals surface area contributed by atoms with Crippen LogP contribution in [0.15, 0.2) is 78.9 Å². The predicted octanol–water partition coefficient (Wildman–Crippen LogP) is 5.45. The molecule has 0 saturated heterocycles. The van der Waals surface area contributed by atoms with E-state index in [0.29, 0.717) is 0 Å². The second kappa shape index (κ2) is 6.25. The number of aromatic amines is 1. The van der Waals surface area contributed by atoms with Gasteiger partial charge in [-0.2, -0.15) is 0 Å². The molecule has 0 fully saturated rings. The molecule has 5 aromatic rings. The third-order valence-electron chi connectivity index (χ3n) is 4.72. The average Bonchev–Trinajstić information content (AvgIpc) is 3.17. The van der Waals surface area contributed by atoms with Gasteiger partial charge < -0.3 is 9.72 Å². The van der Waals surface area contributed by atoms with Crippen molar-refractivity contribution in [3.63, 3.8) is 0 Å². The number of fused-ring (bicyclic) bond motifs is 2. The number of methoxy groups -OCH3 is 1. The maximum absolute atomic E-state index is 5.29. The molecular weight excluding hydrogens is 334 g/mol. The van der Waals surface area contributed by atoms with E-state index in [9.17, 15) is 0 Å². The van der Waals surface area contributed by atoms with Gasteiger partial charge in [0.1, 0.15) is 11.6 Å². The summed E-state index contributed by atoms with van der Waals surface area (Å²) in [5, 5.41) is 1.06. The molecule has 0 spiro atoms. The zero-order valence-corrected chi connectivity index (χ0v) is 14.8. The van der Waals surface area contributed by atoms with E-state index in [1.54, 1.807) is 7.11 Å². The monoisotopic (exact) mass is 351 g/mol. The van der Waals surface area contributed by atoms with E-state index in [-0.39, 0.29) is 0 Å². The lowest BCUT2D eigenvalue weighted by molar-refractivity contribution is 0.415. The molecule has 0 atom stereocenters. The highest BCUT2D eigenvalue weighted by Crippen LogP contribution is 2.27. The molecule has 2 aromatic heterocycles. The maximum atomic E-state index is 5.29. The Morgan fingerprint density at radius 1 is 0.741 bits per heavy atom. The van der Waals surface area contributed by atoms with Crippen LogP contribution in [0.1, 0.15) is 0 Å². The van der Waals surface area contributed by atoms with E-state index in [2.05, 4.69) is 35.3 Å². The summed E-state index contributed by atoms with van der Waals surface area (Å²) in [7, 11) is 1.67. The first-order valence-electron chi connectivity index (χ1n) is 8.80. The van der Waals surface area contributed by atoms with Crippen molar-refractivity contribution in [1.82, 2.24) is 15.0 Å². The van der Waals surface area contributed by atoms with Crippen LogP contribution < -0.4 is 4.74 Å². The fourth-order valence-electron chi connectivity index (χ4n) is 3.29. The molecule has 0 saturated carbocycles. The molecule has 0 aliphatic rings. The van der Waals surface area contributed by atoms with Gasteiger partial charge in [-0.25, -0.2) is 9.97 Å². The van der Waals surface area contributed by atoms with Gasteiger partial charge in [-0.05, 0) is 36.4 Å². The van der Waals surface area contributed by atoms with Crippen LogP contribution >= 0.6 is 0 Å². The molecule has 3 aromatic carbocycles. The van der Waals surface area contributed by atoms with Crippen molar-refractivity contribution in [2.45, 2.75) is 0 Å². The molecule has 0 bridgehead atoms. The van der Waals surface area contributed by atoms with E-state index >= 15 is 0 Å². The maximum Gasteiger partial charge on any atom is 0.138 e.